The molecule has 2 aromatic rings. The van der Waals surface area contributed by atoms with Gasteiger partial charge in [0, 0.05) is 35.0 Å². The molecule has 0 radical (unpaired) electrons. The quantitative estimate of drug-likeness (QED) is 0.677. The van der Waals surface area contributed by atoms with Crippen LogP contribution >= 0.6 is 0 Å². The smallest absolute Gasteiger partial charge is 0.323 e. The van der Waals surface area contributed by atoms with Crippen LogP contribution in [0.5, 0.6) is 5.75 Å². The minimum atomic E-state index is -1.05. The van der Waals surface area contributed by atoms with Crippen LogP contribution in [0.3, 0.4) is 0 Å². The third-order valence-electron chi connectivity index (χ3n) is 4.72. The molecule has 0 amide bonds. The van der Waals surface area contributed by atoms with Crippen LogP contribution in [-0.2, 0) is 11.2 Å². The van der Waals surface area contributed by atoms with Gasteiger partial charge in [-0.25, -0.2) is 0 Å². The van der Waals surface area contributed by atoms with Crippen LogP contribution in [0.4, 0.5) is 5.69 Å². The number of benzene rings is 2. The number of ether oxygens (including phenoxy) is 1. The molecule has 0 fully saturated rings. The maximum atomic E-state index is 12.8. The minimum Gasteiger partial charge on any atom is -0.497 e. The second kappa shape index (κ2) is 5.84. The summed E-state index contributed by atoms with van der Waals surface area (Å²) < 4.78 is 5.22. The van der Waals surface area contributed by atoms with Crippen molar-refractivity contribution in [3.05, 3.63) is 70.4 Å². The van der Waals surface area contributed by atoms with E-state index in [4.69, 9.17) is 4.74 Å². The zero-order chi connectivity index (χ0) is 18.4. The van der Waals surface area contributed by atoms with Gasteiger partial charge in [-0.2, -0.15) is 0 Å². The van der Waals surface area contributed by atoms with Gasteiger partial charge in [0.15, 0.2) is 11.6 Å². The first-order valence-corrected chi connectivity index (χ1v) is 8.09. The molecule has 0 aromatic heterocycles. The molecule has 0 bridgehead atoms. The second-order valence-electron chi connectivity index (χ2n) is 6.18. The van der Waals surface area contributed by atoms with Crippen LogP contribution in [0.1, 0.15) is 26.3 Å². The lowest BCUT2D eigenvalue weighted by Crippen LogP contribution is -2.28. The molecule has 0 atom stereocenters. The normalized spacial score (nSPS) is 15.3. The van der Waals surface area contributed by atoms with E-state index in [-0.39, 0.29) is 23.7 Å². The van der Waals surface area contributed by atoms with Crippen molar-refractivity contribution in [3.63, 3.8) is 0 Å². The van der Waals surface area contributed by atoms with E-state index in [9.17, 15) is 19.5 Å². The van der Waals surface area contributed by atoms with Crippen molar-refractivity contribution in [2.24, 2.45) is 0 Å². The van der Waals surface area contributed by atoms with Gasteiger partial charge in [-0.3, -0.25) is 14.4 Å². The number of Topliss-reactive ketones (excluding diaryl/α,β-unsaturated/α-hetero) is 2. The average Bonchev–Trinajstić information content (AvgIpc) is 3.10. The van der Waals surface area contributed by atoms with Crippen LogP contribution < -0.4 is 9.64 Å². The number of nitrogens with zero attached hydrogens (tertiary/aromatic N) is 1. The summed E-state index contributed by atoms with van der Waals surface area (Å²) in [6.45, 7) is -0.337. The lowest BCUT2D eigenvalue weighted by molar-refractivity contribution is -0.135. The highest BCUT2D eigenvalue weighted by Gasteiger charge is 2.39. The lowest BCUT2D eigenvalue weighted by atomic mass is 10.1. The zero-order valence-corrected chi connectivity index (χ0v) is 14.0. The van der Waals surface area contributed by atoms with Gasteiger partial charge in [0.1, 0.15) is 12.3 Å². The Balaban J connectivity index is 1.89. The molecule has 130 valence electrons. The zero-order valence-electron chi connectivity index (χ0n) is 14.0. The molecule has 0 saturated carbocycles. The van der Waals surface area contributed by atoms with Crippen molar-refractivity contribution in [1.82, 2.24) is 0 Å². The van der Waals surface area contributed by atoms with Crippen LogP contribution in [0.25, 0.3) is 0 Å². The summed E-state index contributed by atoms with van der Waals surface area (Å²) in [5, 5.41) is 9.33. The molecule has 1 aliphatic heterocycles. The highest BCUT2D eigenvalue weighted by atomic mass is 16.5. The van der Waals surface area contributed by atoms with Crippen LogP contribution in [0.15, 0.2) is 53.7 Å². The number of hydrogen-bond acceptors (Lipinski definition) is 5. The molecule has 0 saturated heterocycles. The fourth-order valence-corrected chi connectivity index (χ4v) is 3.55. The van der Waals surface area contributed by atoms with E-state index in [1.165, 1.54) is 12.0 Å². The summed E-state index contributed by atoms with van der Waals surface area (Å²) in [5.41, 5.74) is 2.72. The van der Waals surface area contributed by atoms with Crippen molar-refractivity contribution in [1.29, 1.82) is 0 Å². The number of ketones is 2. The molecule has 6 nitrogen and oxygen atoms in total. The third kappa shape index (κ3) is 2.30. The van der Waals surface area contributed by atoms with E-state index in [0.717, 1.165) is 5.56 Å². The molecule has 1 aliphatic carbocycles. The SMILES string of the molecule is COc1ccc2c(c1)N(CC(=O)O)C(=C1C(=O)c3ccccc3C1=O)C2. The molecule has 0 spiro atoms. The molecule has 1 N–H and O–H groups in total. The number of fused-ring (bicyclic) bond motifs is 2. The number of aliphatic carboxylic acids is 1. The summed E-state index contributed by atoms with van der Waals surface area (Å²) in [6, 6.07) is 12.0. The molecular weight excluding hydrogens is 334 g/mol. The maximum absolute atomic E-state index is 12.8. The van der Waals surface area contributed by atoms with E-state index in [0.29, 0.717) is 34.7 Å². The number of carbonyl (C=O) groups excluding carboxylic acids is 2. The molecule has 0 unspecified atom stereocenters. The Morgan fingerprint density at radius 3 is 2.35 bits per heavy atom. The first kappa shape index (κ1) is 16.1. The Morgan fingerprint density at radius 1 is 1.12 bits per heavy atom. The van der Waals surface area contributed by atoms with Crippen LogP contribution in [0, 0.1) is 0 Å². The van der Waals surface area contributed by atoms with Crippen molar-refractivity contribution in [3.8, 4) is 5.75 Å². The molecule has 1 heterocycles. The van der Waals surface area contributed by atoms with Gasteiger partial charge in [0.2, 0.25) is 0 Å². The van der Waals surface area contributed by atoms with Gasteiger partial charge in [0.25, 0.3) is 0 Å². The van der Waals surface area contributed by atoms with E-state index in [2.05, 4.69) is 0 Å². The summed E-state index contributed by atoms with van der Waals surface area (Å²) in [6.07, 6.45) is 0.327. The Morgan fingerprint density at radius 2 is 1.77 bits per heavy atom. The molecule has 2 aliphatic rings. The van der Waals surface area contributed by atoms with Gasteiger partial charge in [-0.05, 0) is 11.6 Å². The molecule has 4 rings (SSSR count). The third-order valence-corrected chi connectivity index (χ3v) is 4.72. The molecule has 6 heteroatoms. The summed E-state index contributed by atoms with van der Waals surface area (Å²) >= 11 is 0. The number of rotatable bonds is 3. The number of hydrogen-bond donors (Lipinski definition) is 1. The highest BCUT2D eigenvalue weighted by molar-refractivity contribution is 6.40. The van der Waals surface area contributed by atoms with Gasteiger partial charge in [-0.15, -0.1) is 0 Å². The standard InChI is InChI=1S/C20H15NO5/c1-26-12-7-6-11-8-16(21(10-17(22)23)15(11)9-12)18-19(24)13-4-2-3-5-14(13)20(18)25/h2-7,9H,8,10H2,1H3,(H,22,23). The average molecular weight is 349 g/mol. The number of methoxy groups -OCH3 is 1. The molecule has 2 aromatic carbocycles. The van der Waals surface area contributed by atoms with E-state index >= 15 is 0 Å². The van der Waals surface area contributed by atoms with Gasteiger partial charge in [-0.1, -0.05) is 30.3 Å². The topological polar surface area (TPSA) is 83.9 Å². The van der Waals surface area contributed by atoms with Gasteiger partial charge in [0.05, 0.1) is 12.7 Å². The Labute approximate surface area is 149 Å². The maximum Gasteiger partial charge on any atom is 0.323 e. The molecule has 26 heavy (non-hydrogen) atoms. The van der Waals surface area contributed by atoms with Crippen molar-refractivity contribution < 1.29 is 24.2 Å². The predicted molar refractivity (Wildman–Crippen MR) is 93.8 cm³/mol. The molecular formula is C20H15NO5. The summed E-state index contributed by atoms with van der Waals surface area (Å²) in [5.74, 6) is -1.17. The Bertz CT molecular complexity index is 968. The van der Waals surface area contributed by atoms with Crippen molar-refractivity contribution in [2.45, 2.75) is 6.42 Å². The van der Waals surface area contributed by atoms with Crippen molar-refractivity contribution in [2.75, 3.05) is 18.6 Å². The van der Waals surface area contributed by atoms with E-state index in [1.54, 1.807) is 36.4 Å². The van der Waals surface area contributed by atoms with Crippen LogP contribution in [-0.4, -0.2) is 36.3 Å². The minimum absolute atomic E-state index is 0.0580. The monoisotopic (exact) mass is 349 g/mol. The number of carboxylic acids is 1. The number of carbonyl (C=O) groups is 3. The second-order valence-corrected chi connectivity index (χ2v) is 6.18. The lowest BCUT2D eigenvalue weighted by Gasteiger charge is -2.20. The predicted octanol–water partition coefficient (Wildman–Crippen LogP) is 2.48. The van der Waals surface area contributed by atoms with Crippen LogP contribution in [0.2, 0.25) is 0 Å². The fourth-order valence-electron chi connectivity index (χ4n) is 3.55. The number of allylic oxidation sites excluding steroid dienone is 2. The summed E-state index contributed by atoms with van der Waals surface area (Å²) in [4.78, 5) is 38.6. The van der Waals surface area contributed by atoms with E-state index in [1.807, 2.05) is 6.07 Å². The first-order valence-electron chi connectivity index (χ1n) is 8.09. The van der Waals surface area contributed by atoms with Gasteiger partial charge >= 0.3 is 5.97 Å². The number of anilines is 1. The largest absolute Gasteiger partial charge is 0.497 e. The Hall–Kier alpha value is -3.41. The van der Waals surface area contributed by atoms with Crippen molar-refractivity contribution >= 4 is 23.2 Å². The highest BCUT2D eigenvalue weighted by Crippen LogP contribution is 2.41. The number of carboxylic acid groups (broad SMARTS) is 1. The summed E-state index contributed by atoms with van der Waals surface area (Å²) in [7, 11) is 1.53. The van der Waals surface area contributed by atoms with E-state index < -0.39 is 5.97 Å². The fraction of sp³-hybridized carbons (Fsp3) is 0.150. The Kier molecular flexibility index (Phi) is 3.61. The first-order chi connectivity index (χ1) is 12.5. The van der Waals surface area contributed by atoms with Gasteiger partial charge < -0.3 is 14.7 Å².